The summed E-state index contributed by atoms with van der Waals surface area (Å²) in [5.74, 6) is 1.42. The predicted molar refractivity (Wildman–Crippen MR) is 60.8 cm³/mol. The minimum atomic E-state index is -0.579. The maximum Gasteiger partial charge on any atom is 0.130 e. The second-order valence-corrected chi connectivity index (χ2v) is 4.30. The molecule has 0 spiro atoms. The lowest BCUT2D eigenvalue weighted by Gasteiger charge is -2.25. The number of hydrogen-bond donors (Lipinski definition) is 1. The van der Waals surface area contributed by atoms with Gasteiger partial charge in [-0.2, -0.15) is 0 Å². The lowest BCUT2D eigenvalue weighted by molar-refractivity contribution is 0.419. The second kappa shape index (κ2) is 4.63. The van der Waals surface area contributed by atoms with Gasteiger partial charge in [-0.1, -0.05) is 12.0 Å². The maximum absolute atomic E-state index is 13.4. The van der Waals surface area contributed by atoms with Crippen molar-refractivity contribution < 1.29 is 8.78 Å². The molecule has 0 saturated heterocycles. The van der Waals surface area contributed by atoms with Crippen LogP contribution in [0, 0.1) is 24.0 Å². The van der Waals surface area contributed by atoms with Crippen molar-refractivity contribution in [2.75, 3.05) is 0 Å². The Hall–Kier alpha value is -1.40. The number of rotatable bonds is 3. The number of hydrogen-bond acceptors (Lipinski definition) is 1. The lowest BCUT2D eigenvalue weighted by Crippen LogP contribution is -2.39. The van der Waals surface area contributed by atoms with Gasteiger partial charge in [0.1, 0.15) is 11.6 Å². The van der Waals surface area contributed by atoms with Gasteiger partial charge in [0.25, 0.3) is 0 Å². The molecule has 0 aromatic heterocycles. The molecule has 1 unspecified atom stereocenters. The molecule has 0 bridgehead atoms. The van der Waals surface area contributed by atoms with Crippen LogP contribution in [-0.2, 0) is 0 Å². The molecule has 0 amide bonds. The summed E-state index contributed by atoms with van der Waals surface area (Å²) < 4.78 is 26.2. The summed E-state index contributed by atoms with van der Waals surface area (Å²) in [6.45, 7) is 5.44. The third-order valence-electron chi connectivity index (χ3n) is 2.37. The van der Waals surface area contributed by atoms with Crippen molar-refractivity contribution in [3.8, 4) is 12.3 Å². The van der Waals surface area contributed by atoms with Gasteiger partial charge in [0.05, 0.1) is 5.54 Å². The van der Waals surface area contributed by atoms with Crippen LogP contribution in [0.15, 0.2) is 18.2 Å². The van der Waals surface area contributed by atoms with Crippen molar-refractivity contribution in [1.82, 2.24) is 5.32 Å². The van der Waals surface area contributed by atoms with E-state index >= 15 is 0 Å². The highest BCUT2D eigenvalue weighted by Gasteiger charge is 2.19. The summed E-state index contributed by atoms with van der Waals surface area (Å²) >= 11 is 0. The highest BCUT2D eigenvalue weighted by atomic mass is 19.1. The summed E-state index contributed by atoms with van der Waals surface area (Å²) in [5, 5.41) is 3.08. The fourth-order valence-corrected chi connectivity index (χ4v) is 1.51. The summed E-state index contributed by atoms with van der Waals surface area (Å²) in [6, 6.07) is 3.26. The van der Waals surface area contributed by atoms with Crippen molar-refractivity contribution in [3.05, 3.63) is 35.4 Å². The SMILES string of the molecule is C#CC(C)(C)NC(C)c1ccc(F)cc1F. The van der Waals surface area contributed by atoms with Gasteiger partial charge in [-0.25, -0.2) is 8.78 Å². The van der Waals surface area contributed by atoms with E-state index in [-0.39, 0.29) is 6.04 Å². The molecule has 0 aliphatic rings. The average Bonchev–Trinajstić information content (AvgIpc) is 2.16. The minimum Gasteiger partial charge on any atom is -0.295 e. The van der Waals surface area contributed by atoms with Crippen molar-refractivity contribution in [1.29, 1.82) is 0 Å². The largest absolute Gasteiger partial charge is 0.295 e. The monoisotopic (exact) mass is 223 g/mol. The molecule has 0 fully saturated rings. The smallest absolute Gasteiger partial charge is 0.130 e. The Balaban J connectivity index is 2.90. The molecule has 0 aliphatic heterocycles. The molecule has 86 valence electrons. The van der Waals surface area contributed by atoms with Crippen LogP contribution in [0.1, 0.15) is 32.4 Å². The first-order valence-corrected chi connectivity index (χ1v) is 5.06. The quantitative estimate of drug-likeness (QED) is 0.777. The molecule has 1 N–H and O–H groups in total. The summed E-state index contributed by atoms with van der Waals surface area (Å²) in [5.41, 5.74) is -0.120. The van der Waals surface area contributed by atoms with E-state index in [9.17, 15) is 8.78 Å². The molecule has 1 atom stereocenters. The fourth-order valence-electron chi connectivity index (χ4n) is 1.51. The van der Waals surface area contributed by atoms with Crippen LogP contribution in [0.5, 0.6) is 0 Å². The van der Waals surface area contributed by atoms with Crippen LogP contribution in [-0.4, -0.2) is 5.54 Å². The number of halogens is 2. The minimum absolute atomic E-state index is 0.272. The molecular formula is C13H15F2N. The molecule has 1 aromatic rings. The summed E-state index contributed by atoms with van der Waals surface area (Å²) in [6.07, 6.45) is 5.33. The van der Waals surface area contributed by atoms with Crippen LogP contribution in [0.25, 0.3) is 0 Å². The van der Waals surface area contributed by atoms with Crippen LogP contribution < -0.4 is 5.32 Å². The molecule has 0 aliphatic carbocycles. The van der Waals surface area contributed by atoms with Gasteiger partial charge >= 0.3 is 0 Å². The van der Waals surface area contributed by atoms with Crippen molar-refractivity contribution in [2.24, 2.45) is 0 Å². The molecule has 1 rings (SSSR count). The van der Waals surface area contributed by atoms with E-state index in [4.69, 9.17) is 6.42 Å². The first-order chi connectivity index (χ1) is 7.35. The molecule has 0 saturated carbocycles. The number of benzene rings is 1. The molecule has 16 heavy (non-hydrogen) atoms. The van der Waals surface area contributed by atoms with E-state index in [0.29, 0.717) is 5.56 Å². The van der Waals surface area contributed by atoms with E-state index in [2.05, 4.69) is 11.2 Å². The van der Waals surface area contributed by atoms with Gasteiger partial charge in [-0.3, -0.25) is 5.32 Å². The molecule has 3 heteroatoms. The molecule has 1 aromatic carbocycles. The normalized spacial score (nSPS) is 13.2. The Kier molecular flexibility index (Phi) is 3.66. The zero-order valence-electron chi connectivity index (χ0n) is 9.64. The third kappa shape index (κ3) is 3.04. The third-order valence-corrected chi connectivity index (χ3v) is 2.37. The molecule has 0 heterocycles. The highest BCUT2D eigenvalue weighted by molar-refractivity contribution is 5.23. The molecule has 1 nitrogen and oxygen atoms in total. The van der Waals surface area contributed by atoms with Gasteiger partial charge in [0.2, 0.25) is 0 Å². The lowest BCUT2D eigenvalue weighted by atomic mass is 10.0. The van der Waals surface area contributed by atoms with E-state index < -0.39 is 17.2 Å². The van der Waals surface area contributed by atoms with Crippen molar-refractivity contribution in [3.63, 3.8) is 0 Å². The Morgan fingerprint density at radius 3 is 2.50 bits per heavy atom. The zero-order valence-corrected chi connectivity index (χ0v) is 9.64. The van der Waals surface area contributed by atoms with Gasteiger partial charge < -0.3 is 0 Å². The topological polar surface area (TPSA) is 12.0 Å². The first kappa shape index (κ1) is 12.7. The van der Waals surface area contributed by atoms with Gasteiger partial charge in [0, 0.05) is 17.7 Å². The van der Waals surface area contributed by atoms with Gasteiger partial charge in [0.15, 0.2) is 0 Å². The van der Waals surface area contributed by atoms with Crippen LogP contribution >= 0.6 is 0 Å². The zero-order chi connectivity index (χ0) is 12.3. The van der Waals surface area contributed by atoms with Crippen molar-refractivity contribution >= 4 is 0 Å². The molecular weight excluding hydrogens is 208 g/mol. The van der Waals surface area contributed by atoms with E-state index in [1.807, 2.05) is 13.8 Å². The highest BCUT2D eigenvalue weighted by Crippen LogP contribution is 2.20. The van der Waals surface area contributed by atoms with Crippen LogP contribution in [0.3, 0.4) is 0 Å². The molecule has 0 radical (unpaired) electrons. The fraction of sp³-hybridized carbons (Fsp3) is 0.385. The predicted octanol–water partition coefficient (Wildman–Crippen LogP) is 3.03. The Bertz CT molecular complexity index is 418. The van der Waals surface area contributed by atoms with E-state index in [0.717, 1.165) is 6.07 Å². The standard InChI is InChI=1S/C13H15F2N/c1-5-13(3,4)16-9(2)11-7-6-10(14)8-12(11)15/h1,6-9,16H,2-4H3. The van der Waals surface area contributed by atoms with Crippen LogP contribution in [0.4, 0.5) is 8.78 Å². The second-order valence-electron chi connectivity index (χ2n) is 4.30. The Morgan fingerprint density at radius 1 is 1.38 bits per heavy atom. The number of terminal acetylenes is 1. The van der Waals surface area contributed by atoms with Crippen LogP contribution in [0.2, 0.25) is 0 Å². The van der Waals surface area contributed by atoms with Crippen molar-refractivity contribution in [2.45, 2.75) is 32.4 Å². The van der Waals surface area contributed by atoms with E-state index in [1.165, 1.54) is 12.1 Å². The first-order valence-electron chi connectivity index (χ1n) is 5.06. The number of nitrogens with one attached hydrogen (secondary N) is 1. The Labute approximate surface area is 94.9 Å². The Morgan fingerprint density at radius 2 is 2.00 bits per heavy atom. The van der Waals surface area contributed by atoms with Gasteiger partial charge in [-0.15, -0.1) is 6.42 Å². The van der Waals surface area contributed by atoms with E-state index in [1.54, 1.807) is 6.92 Å². The summed E-state index contributed by atoms with van der Waals surface area (Å²) in [7, 11) is 0. The summed E-state index contributed by atoms with van der Waals surface area (Å²) in [4.78, 5) is 0. The van der Waals surface area contributed by atoms with Gasteiger partial charge in [-0.05, 0) is 26.8 Å². The average molecular weight is 223 g/mol. The maximum atomic E-state index is 13.4.